The largest absolute Gasteiger partial charge is 0.0622 e. The van der Waals surface area contributed by atoms with Crippen molar-refractivity contribution >= 4 is 0 Å². The van der Waals surface area contributed by atoms with E-state index in [-0.39, 0.29) is 0 Å². The van der Waals surface area contributed by atoms with Gasteiger partial charge in [-0.25, -0.2) is 0 Å². The van der Waals surface area contributed by atoms with Gasteiger partial charge in [0.15, 0.2) is 0 Å². The fourth-order valence-corrected chi connectivity index (χ4v) is 6.02. The Labute approximate surface area is 261 Å². The number of rotatable bonds is 6. The molecule has 7 aromatic carbocycles. The smallest absolute Gasteiger partial charge is 0.00986 e. The van der Waals surface area contributed by atoms with E-state index < -0.39 is 0 Å². The van der Waals surface area contributed by atoms with Gasteiger partial charge >= 0.3 is 0 Å². The van der Waals surface area contributed by atoms with Crippen LogP contribution >= 0.6 is 0 Å². The summed E-state index contributed by atoms with van der Waals surface area (Å²) in [5.41, 5.74) is 17.2. The zero-order valence-electron chi connectivity index (χ0n) is 25.2. The first-order valence-electron chi connectivity index (χ1n) is 15.3. The van der Waals surface area contributed by atoms with E-state index in [0.717, 1.165) is 0 Å². The highest BCUT2D eigenvalue weighted by Crippen LogP contribution is 2.43. The van der Waals surface area contributed by atoms with E-state index in [1.54, 1.807) is 0 Å². The summed E-state index contributed by atoms with van der Waals surface area (Å²) < 4.78 is 0. The molecule has 0 saturated heterocycles. The van der Waals surface area contributed by atoms with Crippen LogP contribution < -0.4 is 0 Å². The third kappa shape index (κ3) is 5.63. The van der Waals surface area contributed by atoms with Gasteiger partial charge in [0.1, 0.15) is 0 Å². The Bertz CT molecular complexity index is 1880. The highest BCUT2D eigenvalue weighted by atomic mass is 14.2. The minimum atomic E-state index is 1.21. The Hall–Kier alpha value is -5.46. The van der Waals surface area contributed by atoms with Gasteiger partial charge in [-0.15, -0.1) is 0 Å². The van der Waals surface area contributed by atoms with Crippen LogP contribution in [0.25, 0.3) is 66.8 Å². The lowest BCUT2D eigenvalue weighted by Gasteiger charge is -2.19. The van der Waals surface area contributed by atoms with Crippen LogP contribution in [0.3, 0.4) is 0 Å². The molecule has 0 fully saturated rings. The summed E-state index contributed by atoms with van der Waals surface area (Å²) in [7, 11) is 0. The SMILES string of the molecule is Cc1ccc(-c2cccc(-c3cc(-c4ccccc4)c(-c4cccc(-c5ccc(C)cc5)c4)cc3-c3ccccc3)c2)cc1. The van der Waals surface area contributed by atoms with E-state index in [1.807, 2.05) is 0 Å². The lowest BCUT2D eigenvalue weighted by molar-refractivity contribution is 1.47. The van der Waals surface area contributed by atoms with Crippen LogP contribution in [-0.4, -0.2) is 0 Å². The standard InChI is InChI=1S/C44H34/c1-31-19-23-33(24-20-31)37-15-9-17-39(27-37)43-29-42(36-13-7-4-8-14-36)44(30-41(43)35-11-5-3-6-12-35)40-18-10-16-38(28-40)34-25-21-32(2)22-26-34/h3-30H,1-2H3. The average Bonchev–Trinajstić information content (AvgIpc) is 3.09. The third-order valence-corrected chi connectivity index (χ3v) is 8.44. The van der Waals surface area contributed by atoms with Crippen molar-refractivity contribution in [1.82, 2.24) is 0 Å². The molecule has 0 saturated carbocycles. The Morgan fingerprint density at radius 1 is 0.227 bits per heavy atom. The topological polar surface area (TPSA) is 0 Å². The molecule has 0 nitrogen and oxygen atoms in total. The van der Waals surface area contributed by atoms with Gasteiger partial charge in [-0.1, -0.05) is 157 Å². The molecule has 0 radical (unpaired) electrons. The van der Waals surface area contributed by atoms with Crippen LogP contribution in [0, 0.1) is 13.8 Å². The van der Waals surface area contributed by atoms with Gasteiger partial charge in [0.2, 0.25) is 0 Å². The summed E-state index contributed by atoms with van der Waals surface area (Å²) in [4.78, 5) is 0. The molecule has 0 bridgehead atoms. The molecular weight excluding hydrogens is 528 g/mol. The number of hydrogen-bond acceptors (Lipinski definition) is 0. The molecule has 0 spiro atoms. The van der Waals surface area contributed by atoms with E-state index in [9.17, 15) is 0 Å². The third-order valence-electron chi connectivity index (χ3n) is 8.44. The second kappa shape index (κ2) is 12.0. The van der Waals surface area contributed by atoms with Crippen molar-refractivity contribution in [3.8, 4) is 66.8 Å². The summed E-state index contributed by atoms with van der Waals surface area (Å²) >= 11 is 0. The predicted octanol–water partition coefficient (Wildman–Crippen LogP) is 12.3. The Morgan fingerprint density at radius 3 is 0.932 bits per heavy atom. The minimum absolute atomic E-state index is 1.21. The van der Waals surface area contributed by atoms with Crippen LogP contribution in [0.4, 0.5) is 0 Å². The molecule has 0 heterocycles. The van der Waals surface area contributed by atoms with Crippen molar-refractivity contribution in [1.29, 1.82) is 0 Å². The fourth-order valence-electron chi connectivity index (χ4n) is 6.02. The zero-order chi connectivity index (χ0) is 29.9. The number of benzene rings is 7. The molecule has 0 aliphatic rings. The van der Waals surface area contributed by atoms with Crippen molar-refractivity contribution in [2.45, 2.75) is 13.8 Å². The second-order valence-corrected chi connectivity index (χ2v) is 11.6. The van der Waals surface area contributed by atoms with Gasteiger partial charge in [-0.3, -0.25) is 0 Å². The predicted molar refractivity (Wildman–Crippen MR) is 189 cm³/mol. The highest BCUT2D eigenvalue weighted by Gasteiger charge is 2.17. The maximum absolute atomic E-state index is 2.40. The summed E-state index contributed by atoms with van der Waals surface area (Å²) in [6, 6.07) is 61.9. The maximum Gasteiger partial charge on any atom is -0.00986 e. The first kappa shape index (κ1) is 27.4. The van der Waals surface area contributed by atoms with Crippen molar-refractivity contribution < 1.29 is 0 Å². The molecule has 0 N–H and O–H groups in total. The summed E-state index contributed by atoms with van der Waals surface area (Å²) in [5.74, 6) is 0. The average molecular weight is 563 g/mol. The molecule has 0 heteroatoms. The lowest BCUT2D eigenvalue weighted by Crippen LogP contribution is -1.93. The zero-order valence-corrected chi connectivity index (χ0v) is 25.2. The highest BCUT2D eigenvalue weighted by molar-refractivity contribution is 5.96. The summed E-state index contributed by atoms with van der Waals surface area (Å²) in [6.45, 7) is 4.27. The van der Waals surface area contributed by atoms with E-state index in [0.29, 0.717) is 0 Å². The van der Waals surface area contributed by atoms with Crippen LogP contribution in [-0.2, 0) is 0 Å². The molecule has 0 aromatic heterocycles. The molecule has 44 heavy (non-hydrogen) atoms. The molecule has 0 aliphatic carbocycles. The van der Waals surface area contributed by atoms with Gasteiger partial charge in [0.25, 0.3) is 0 Å². The number of hydrogen-bond donors (Lipinski definition) is 0. The Balaban J connectivity index is 1.46. The van der Waals surface area contributed by atoms with Crippen molar-refractivity contribution in [2.75, 3.05) is 0 Å². The first-order valence-corrected chi connectivity index (χ1v) is 15.3. The Kier molecular flexibility index (Phi) is 7.49. The monoisotopic (exact) mass is 562 g/mol. The quantitative estimate of drug-likeness (QED) is 0.189. The minimum Gasteiger partial charge on any atom is -0.0622 e. The molecule has 0 atom stereocenters. The normalized spacial score (nSPS) is 11.0. The van der Waals surface area contributed by atoms with Crippen LogP contribution in [0.2, 0.25) is 0 Å². The Morgan fingerprint density at radius 2 is 0.545 bits per heavy atom. The molecule has 7 aromatic rings. The van der Waals surface area contributed by atoms with Crippen LogP contribution in [0.15, 0.2) is 170 Å². The summed E-state index contributed by atoms with van der Waals surface area (Å²) in [5, 5.41) is 0. The second-order valence-electron chi connectivity index (χ2n) is 11.6. The molecule has 210 valence electrons. The van der Waals surface area contributed by atoms with Crippen molar-refractivity contribution in [3.63, 3.8) is 0 Å². The molecule has 7 rings (SSSR count). The van der Waals surface area contributed by atoms with Crippen LogP contribution in [0.1, 0.15) is 11.1 Å². The molecule has 0 unspecified atom stereocenters. The van der Waals surface area contributed by atoms with E-state index >= 15 is 0 Å². The first-order chi connectivity index (χ1) is 21.6. The van der Waals surface area contributed by atoms with Gasteiger partial charge in [-0.2, -0.15) is 0 Å². The summed E-state index contributed by atoms with van der Waals surface area (Å²) in [6.07, 6.45) is 0. The van der Waals surface area contributed by atoms with Crippen LogP contribution in [0.5, 0.6) is 0 Å². The van der Waals surface area contributed by atoms with Crippen molar-refractivity contribution in [2.24, 2.45) is 0 Å². The van der Waals surface area contributed by atoms with Crippen molar-refractivity contribution in [3.05, 3.63) is 181 Å². The van der Waals surface area contributed by atoms with E-state index in [1.165, 1.54) is 77.9 Å². The lowest BCUT2D eigenvalue weighted by atomic mass is 9.84. The van der Waals surface area contributed by atoms with Gasteiger partial charge in [0.05, 0.1) is 0 Å². The molecule has 0 amide bonds. The fraction of sp³-hybridized carbons (Fsp3) is 0.0455. The molecular formula is C44H34. The number of aryl methyl sites for hydroxylation is 2. The van der Waals surface area contributed by atoms with E-state index in [4.69, 9.17) is 0 Å². The van der Waals surface area contributed by atoms with E-state index in [2.05, 4.69) is 184 Å². The van der Waals surface area contributed by atoms with Gasteiger partial charge in [0, 0.05) is 0 Å². The maximum atomic E-state index is 2.40. The molecule has 0 aliphatic heterocycles. The van der Waals surface area contributed by atoms with Gasteiger partial charge < -0.3 is 0 Å². The van der Waals surface area contributed by atoms with Gasteiger partial charge in [-0.05, 0) is 105 Å².